The van der Waals surface area contributed by atoms with E-state index in [1.165, 1.54) is 0 Å². The van der Waals surface area contributed by atoms with E-state index in [4.69, 9.17) is 53.1 Å². The Morgan fingerprint density at radius 3 is 1.24 bits per heavy atom. The topological polar surface area (TPSA) is 139 Å². The number of aliphatic hydroxyl groups excluding tert-OH is 1. The van der Waals surface area contributed by atoms with Gasteiger partial charge >= 0.3 is 0 Å². The molecule has 2 heterocycles. The van der Waals surface area contributed by atoms with Crippen molar-refractivity contribution in [1.82, 2.24) is 0 Å². The Balaban J connectivity index is 1.06. The summed E-state index contributed by atoms with van der Waals surface area (Å²) in [7, 11) is 1.63. The summed E-state index contributed by atoms with van der Waals surface area (Å²) in [5, 5.41) is 11.8. The van der Waals surface area contributed by atoms with E-state index in [1.807, 2.05) is 176 Å². The quantitative estimate of drug-likeness (QED) is 0.0646. The maximum atomic E-state index is 11.8. The Labute approximate surface area is 393 Å². The van der Waals surface area contributed by atoms with Crippen molar-refractivity contribution in [2.24, 2.45) is 5.73 Å². The minimum atomic E-state index is -1.41. The highest BCUT2D eigenvalue weighted by molar-refractivity contribution is 5.27. The van der Waals surface area contributed by atoms with Gasteiger partial charge in [-0.25, -0.2) is 0 Å². The average molecular weight is 912 g/mol. The van der Waals surface area contributed by atoms with Crippen LogP contribution in [0.15, 0.2) is 176 Å². The molecular weight excluding hydrogens is 851 g/mol. The number of hydrogen-bond donors (Lipinski definition) is 2. The molecule has 67 heavy (non-hydrogen) atoms. The van der Waals surface area contributed by atoms with Gasteiger partial charge in [-0.3, -0.25) is 0 Å². The van der Waals surface area contributed by atoms with E-state index in [2.05, 4.69) is 0 Å². The molecule has 0 unspecified atom stereocenters. The van der Waals surface area contributed by atoms with Crippen LogP contribution in [0.25, 0.3) is 0 Å². The number of aliphatic hydroxyl groups is 1. The highest BCUT2D eigenvalue weighted by Gasteiger charge is 2.50. The average Bonchev–Trinajstić information content (AvgIpc) is 3.38. The van der Waals surface area contributed by atoms with Crippen LogP contribution in [0.4, 0.5) is 0 Å². The number of methoxy groups -OCH3 is 1. The second kappa shape index (κ2) is 25.2. The first kappa shape index (κ1) is 48.1. The summed E-state index contributed by atoms with van der Waals surface area (Å²) in [6.07, 6.45) is -7.81. The third-order valence-electron chi connectivity index (χ3n) is 11.9. The van der Waals surface area contributed by atoms with Crippen LogP contribution in [-0.4, -0.2) is 86.8 Å². The fraction of sp³-hybridized carbons (Fsp3) is 0.345. The van der Waals surface area contributed by atoms with E-state index in [1.54, 1.807) is 7.11 Å². The van der Waals surface area contributed by atoms with Gasteiger partial charge < -0.3 is 58.2 Å². The van der Waals surface area contributed by atoms with Crippen molar-refractivity contribution in [3.05, 3.63) is 209 Å². The molecule has 0 aliphatic carbocycles. The normalized spacial score (nSPS) is 25.1. The number of rotatable bonds is 23. The zero-order valence-corrected chi connectivity index (χ0v) is 37.8. The van der Waals surface area contributed by atoms with Gasteiger partial charge in [0.25, 0.3) is 0 Å². The SMILES string of the molecule is COc1ccc(CO[C@H]2[C@H](OCc3ccccc3)[C@@H](OCc3ccccc3)[C@H](O)O[C@@H]2CO[C@@H]2O[C@H](COCc3ccccc3)[C@@H](OCc3ccccc3)[C@H](OCc3ccccc3)[C@H]2N)cc1. The first-order chi connectivity index (χ1) is 33.0. The molecule has 6 aromatic rings. The van der Waals surface area contributed by atoms with Gasteiger partial charge in [0.2, 0.25) is 0 Å². The van der Waals surface area contributed by atoms with Gasteiger partial charge in [-0.05, 0) is 45.5 Å². The molecule has 0 bridgehead atoms. The first-order valence-electron chi connectivity index (χ1n) is 22.8. The smallest absolute Gasteiger partial charge is 0.184 e. The summed E-state index contributed by atoms with van der Waals surface area (Å²) >= 11 is 0. The molecule has 8 rings (SSSR count). The fourth-order valence-electron chi connectivity index (χ4n) is 8.25. The van der Waals surface area contributed by atoms with Crippen molar-refractivity contribution in [1.29, 1.82) is 0 Å². The van der Waals surface area contributed by atoms with Crippen LogP contribution in [0.5, 0.6) is 5.75 Å². The third kappa shape index (κ3) is 13.9. The van der Waals surface area contributed by atoms with Crippen LogP contribution < -0.4 is 10.5 Å². The summed E-state index contributed by atoms with van der Waals surface area (Å²) in [6, 6.07) is 56.2. The molecule has 2 aliphatic rings. The van der Waals surface area contributed by atoms with Gasteiger partial charge in [-0.15, -0.1) is 0 Å². The lowest BCUT2D eigenvalue weighted by molar-refractivity contribution is -0.332. The largest absolute Gasteiger partial charge is 0.497 e. The maximum Gasteiger partial charge on any atom is 0.184 e. The van der Waals surface area contributed by atoms with Gasteiger partial charge in [-0.1, -0.05) is 164 Å². The lowest BCUT2D eigenvalue weighted by Gasteiger charge is -2.47. The standard InChI is InChI=1S/C55H61NO11/c1-58-45-29-27-44(28-30-45)36-61-50-47(66-54(57)53(64-35-43-25-15-6-16-26-43)52(50)63-34-42-23-13-5-14-24-42)38-65-55-48(56)51(62-33-41-21-11-4-12-22-41)49(60-32-40-19-9-3-10-20-40)46(67-55)37-59-31-39-17-7-2-8-18-39/h2-30,46-55,57H,31-38,56H2,1H3/t46-,47-,48-,49-,50-,51-,52+,53-,54-,55-/m1/s1. The molecule has 2 saturated heterocycles. The molecule has 352 valence electrons. The van der Waals surface area contributed by atoms with Crippen LogP contribution in [-0.2, 0) is 82.3 Å². The zero-order valence-electron chi connectivity index (χ0n) is 37.8. The summed E-state index contributed by atoms with van der Waals surface area (Å²) in [6.45, 7) is 1.62. The van der Waals surface area contributed by atoms with E-state index in [-0.39, 0.29) is 39.6 Å². The number of hydrogen-bond acceptors (Lipinski definition) is 12. The summed E-state index contributed by atoms with van der Waals surface area (Å²) in [5.41, 5.74) is 12.9. The number of nitrogens with two attached hydrogens (primary N) is 1. The molecular formula is C55H61NO11. The van der Waals surface area contributed by atoms with E-state index in [0.29, 0.717) is 13.2 Å². The van der Waals surface area contributed by atoms with Crippen LogP contribution in [0.1, 0.15) is 33.4 Å². The summed E-state index contributed by atoms with van der Waals surface area (Å²) in [5.74, 6) is 0.726. The molecule has 2 fully saturated rings. The number of ether oxygens (including phenoxy) is 10. The third-order valence-corrected chi connectivity index (χ3v) is 11.9. The predicted octanol–water partition coefficient (Wildman–Crippen LogP) is 7.92. The minimum absolute atomic E-state index is 0.0994. The Bertz CT molecular complexity index is 2280. The Hall–Kier alpha value is -5.32. The lowest BCUT2D eigenvalue weighted by Crippen LogP contribution is -2.65. The Morgan fingerprint density at radius 2 is 0.776 bits per heavy atom. The fourth-order valence-corrected chi connectivity index (χ4v) is 8.25. The Morgan fingerprint density at radius 1 is 0.403 bits per heavy atom. The lowest BCUT2D eigenvalue weighted by atomic mass is 9.96. The molecule has 0 radical (unpaired) electrons. The van der Waals surface area contributed by atoms with E-state index in [0.717, 1.165) is 39.1 Å². The highest BCUT2D eigenvalue weighted by Crippen LogP contribution is 2.33. The first-order valence-corrected chi connectivity index (χ1v) is 22.8. The predicted molar refractivity (Wildman–Crippen MR) is 251 cm³/mol. The van der Waals surface area contributed by atoms with Gasteiger partial charge in [0.1, 0.15) is 48.5 Å². The highest BCUT2D eigenvalue weighted by atomic mass is 16.7. The van der Waals surface area contributed by atoms with Crippen LogP contribution in [0.3, 0.4) is 0 Å². The minimum Gasteiger partial charge on any atom is -0.497 e. The van der Waals surface area contributed by atoms with Crippen LogP contribution in [0.2, 0.25) is 0 Å². The molecule has 0 spiro atoms. The molecule has 6 aromatic carbocycles. The van der Waals surface area contributed by atoms with Gasteiger partial charge in [0.05, 0.1) is 66.0 Å². The molecule has 3 N–H and O–H groups in total. The molecule has 0 saturated carbocycles. The van der Waals surface area contributed by atoms with Gasteiger partial charge in [0, 0.05) is 0 Å². The van der Waals surface area contributed by atoms with E-state index < -0.39 is 61.3 Å². The van der Waals surface area contributed by atoms with Crippen molar-refractivity contribution in [3.8, 4) is 5.75 Å². The van der Waals surface area contributed by atoms with Gasteiger partial charge in [0.15, 0.2) is 12.6 Å². The Kier molecular flexibility index (Phi) is 18.1. The molecule has 10 atom stereocenters. The van der Waals surface area contributed by atoms with Gasteiger partial charge in [-0.2, -0.15) is 0 Å². The molecule has 12 heteroatoms. The molecule has 0 amide bonds. The van der Waals surface area contributed by atoms with Crippen molar-refractivity contribution >= 4 is 0 Å². The summed E-state index contributed by atoms with van der Waals surface area (Å²) in [4.78, 5) is 0. The summed E-state index contributed by atoms with van der Waals surface area (Å²) < 4.78 is 64.9. The molecule has 0 aromatic heterocycles. The van der Waals surface area contributed by atoms with E-state index >= 15 is 0 Å². The second-order valence-electron chi connectivity index (χ2n) is 16.7. The van der Waals surface area contributed by atoms with Crippen LogP contribution >= 0.6 is 0 Å². The zero-order chi connectivity index (χ0) is 46.0. The van der Waals surface area contributed by atoms with Crippen molar-refractivity contribution in [2.45, 2.75) is 101 Å². The van der Waals surface area contributed by atoms with E-state index in [9.17, 15) is 5.11 Å². The van der Waals surface area contributed by atoms with Crippen LogP contribution in [0, 0.1) is 0 Å². The molecule has 2 aliphatic heterocycles. The monoisotopic (exact) mass is 911 g/mol. The van der Waals surface area contributed by atoms with Crippen molar-refractivity contribution < 1.29 is 52.5 Å². The van der Waals surface area contributed by atoms with Crippen molar-refractivity contribution in [2.75, 3.05) is 20.3 Å². The molecule has 12 nitrogen and oxygen atoms in total. The second-order valence-corrected chi connectivity index (χ2v) is 16.7. The number of benzene rings is 6. The maximum absolute atomic E-state index is 11.8. The van der Waals surface area contributed by atoms with Crippen molar-refractivity contribution in [3.63, 3.8) is 0 Å².